The standard InChI is InChI=1S/C19H18ClN5OS/c1-4-24-10-21-17-18(24)23-16(9-15-11(2)27-12(3)22-15)25(19(17)26)14-7-5-13(20)6-8-14/h5-8,10H,4,9H2,1-3H3. The number of fused-ring (bicyclic) bond motifs is 1. The van der Waals surface area contributed by atoms with Crippen molar-refractivity contribution in [3.8, 4) is 5.69 Å². The Morgan fingerprint density at radius 1 is 1.15 bits per heavy atom. The van der Waals surface area contributed by atoms with Gasteiger partial charge in [-0.05, 0) is 45.0 Å². The van der Waals surface area contributed by atoms with Crippen molar-refractivity contribution in [3.63, 3.8) is 0 Å². The van der Waals surface area contributed by atoms with Crippen molar-refractivity contribution in [1.82, 2.24) is 24.1 Å². The highest BCUT2D eigenvalue weighted by atomic mass is 35.5. The highest BCUT2D eigenvalue weighted by Crippen LogP contribution is 2.21. The second-order valence-corrected chi connectivity index (χ2v) is 8.10. The molecule has 0 aliphatic carbocycles. The molecule has 0 radical (unpaired) electrons. The zero-order chi connectivity index (χ0) is 19.1. The van der Waals surface area contributed by atoms with Gasteiger partial charge in [-0.2, -0.15) is 0 Å². The van der Waals surface area contributed by atoms with Crippen LogP contribution in [0.2, 0.25) is 5.02 Å². The van der Waals surface area contributed by atoms with Gasteiger partial charge in [0.1, 0.15) is 5.82 Å². The number of benzene rings is 1. The van der Waals surface area contributed by atoms with Gasteiger partial charge in [-0.3, -0.25) is 9.36 Å². The maximum absolute atomic E-state index is 13.2. The topological polar surface area (TPSA) is 65.6 Å². The largest absolute Gasteiger partial charge is 0.315 e. The summed E-state index contributed by atoms with van der Waals surface area (Å²) in [6.45, 7) is 6.72. The number of imidazole rings is 1. The van der Waals surface area contributed by atoms with E-state index in [1.807, 2.05) is 37.5 Å². The van der Waals surface area contributed by atoms with Gasteiger partial charge in [-0.1, -0.05) is 11.6 Å². The second-order valence-electron chi connectivity index (χ2n) is 6.26. The van der Waals surface area contributed by atoms with Gasteiger partial charge < -0.3 is 4.57 Å². The average molecular weight is 400 g/mol. The molecule has 4 aromatic rings. The molecule has 4 rings (SSSR count). The Morgan fingerprint density at radius 3 is 2.52 bits per heavy atom. The van der Waals surface area contributed by atoms with E-state index in [4.69, 9.17) is 16.6 Å². The maximum Gasteiger partial charge on any atom is 0.286 e. The van der Waals surface area contributed by atoms with E-state index in [9.17, 15) is 4.79 Å². The van der Waals surface area contributed by atoms with E-state index < -0.39 is 0 Å². The Hall–Kier alpha value is -2.51. The van der Waals surface area contributed by atoms with Crippen molar-refractivity contribution < 1.29 is 0 Å². The lowest BCUT2D eigenvalue weighted by Crippen LogP contribution is -2.25. The molecule has 0 atom stereocenters. The van der Waals surface area contributed by atoms with Crippen molar-refractivity contribution in [1.29, 1.82) is 0 Å². The minimum Gasteiger partial charge on any atom is -0.315 e. The Kier molecular flexibility index (Phi) is 4.57. The van der Waals surface area contributed by atoms with Gasteiger partial charge in [-0.15, -0.1) is 11.3 Å². The number of aromatic nitrogens is 5. The predicted molar refractivity (Wildman–Crippen MR) is 108 cm³/mol. The van der Waals surface area contributed by atoms with Crippen LogP contribution < -0.4 is 5.56 Å². The van der Waals surface area contributed by atoms with Crippen LogP contribution in [-0.4, -0.2) is 24.1 Å². The summed E-state index contributed by atoms with van der Waals surface area (Å²) in [6.07, 6.45) is 2.13. The van der Waals surface area contributed by atoms with E-state index >= 15 is 0 Å². The summed E-state index contributed by atoms with van der Waals surface area (Å²) >= 11 is 7.67. The summed E-state index contributed by atoms with van der Waals surface area (Å²) < 4.78 is 3.49. The first-order valence-electron chi connectivity index (χ1n) is 8.63. The van der Waals surface area contributed by atoms with E-state index in [2.05, 4.69) is 9.97 Å². The zero-order valence-corrected chi connectivity index (χ0v) is 16.8. The lowest BCUT2D eigenvalue weighted by Gasteiger charge is -2.12. The molecule has 1 aromatic carbocycles. The lowest BCUT2D eigenvalue weighted by molar-refractivity contribution is 0.763. The van der Waals surface area contributed by atoms with Crippen LogP contribution in [0.5, 0.6) is 0 Å². The quantitative estimate of drug-likeness (QED) is 0.521. The van der Waals surface area contributed by atoms with Gasteiger partial charge in [0.2, 0.25) is 0 Å². The monoisotopic (exact) mass is 399 g/mol. The van der Waals surface area contributed by atoms with Crippen LogP contribution in [0.1, 0.15) is 28.3 Å². The first-order valence-corrected chi connectivity index (χ1v) is 9.83. The molecule has 3 heterocycles. The average Bonchev–Trinajstić information content (AvgIpc) is 3.19. The Balaban J connectivity index is 1.98. The molecule has 0 N–H and O–H groups in total. The third-order valence-corrected chi connectivity index (χ3v) is 5.64. The van der Waals surface area contributed by atoms with Gasteiger partial charge in [-0.25, -0.2) is 15.0 Å². The SMILES string of the molecule is CCn1cnc2c(=O)n(-c3ccc(Cl)cc3)c(Cc3nc(C)sc3C)nc21. The number of rotatable bonds is 4. The minimum absolute atomic E-state index is 0.186. The molecule has 0 saturated heterocycles. The lowest BCUT2D eigenvalue weighted by atomic mass is 10.2. The number of hydrogen-bond donors (Lipinski definition) is 0. The fourth-order valence-electron chi connectivity index (χ4n) is 3.13. The van der Waals surface area contributed by atoms with E-state index in [0.29, 0.717) is 40.7 Å². The normalized spacial score (nSPS) is 11.4. The van der Waals surface area contributed by atoms with Crippen LogP contribution in [0, 0.1) is 13.8 Å². The summed E-state index contributed by atoms with van der Waals surface area (Å²) in [5.41, 5.74) is 2.43. The second kappa shape index (κ2) is 6.90. The maximum atomic E-state index is 13.2. The van der Waals surface area contributed by atoms with Crippen LogP contribution >= 0.6 is 22.9 Å². The Bertz CT molecular complexity index is 1190. The molecule has 138 valence electrons. The summed E-state index contributed by atoms with van der Waals surface area (Å²) in [5, 5.41) is 1.62. The van der Waals surface area contributed by atoms with Crippen LogP contribution in [0.15, 0.2) is 35.4 Å². The van der Waals surface area contributed by atoms with E-state index in [0.717, 1.165) is 15.6 Å². The van der Waals surface area contributed by atoms with Crippen molar-refractivity contribution >= 4 is 34.1 Å². The highest BCUT2D eigenvalue weighted by molar-refractivity contribution is 7.11. The van der Waals surface area contributed by atoms with Gasteiger partial charge in [0.15, 0.2) is 11.2 Å². The van der Waals surface area contributed by atoms with Crippen molar-refractivity contribution in [2.75, 3.05) is 0 Å². The zero-order valence-electron chi connectivity index (χ0n) is 15.2. The number of nitrogens with zero attached hydrogens (tertiary/aromatic N) is 5. The molecule has 6 nitrogen and oxygen atoms in total. The molecular weight excluding hydrogens is 382 g/mol. The molecule has 27 heavy (non-hydrogen) atoms. The summed E-state index contributed by atoms with van der Waals surface area (Å²) in [4.78, 5) is 28.1. The molecule has 0 spiro atoms. The van der Waals surface area contributed by atoms with Gasteiger partial charge in [0, 0.05) is 22.9 Å². The summed E-state index contributed by atoms with van der Waals surface area (Å²) in [6, 6.07) is 7.16. The number of hydrogen-bond acceptors (Lipinski definition) is 5. The Morgan fingerprint density at radius 2 is 1.89 bits per heavy atom. The summed E-state index contributed by atoms with van der Waals surface area (Å²) in [5.74, 6) is 0.637. The first kappa shape index (κ1) is 17.9. The highest BCUT2D eigenvalue weighted by Gasteiger charge is 2.18. The molecule has 8 heteroatoms. The minimum atomic E-state index is -0.186. The predicted octanol–water partition coefficient (Wildman–Crippen LogP) is 3.92. The van der Waals surface area contributed by atoms with E-state index in [1.54, 1.807) is 34.4 Å². The molecule has 0 amide bonds. The molecule has 0 aliphatic rings. The van der Waals surface area contributed by atoms with Crippen LogP contribution in [0.3, 0.4) is 0 Å². The molecule has 0 aliphatic heterocycles. The molecule has 0 bridgehead atoms. The smallest absolute Gasteiger partial charge is 0.286 e. The van der Waals surface area contributed by atoms with Gasteiger partial charge in [0.05, 0.1) is 22.7 Å². The van der Waals surface area contributed by atoms with Crippen LogP contribution in [-0.2, 0) is 13.0 Å². The molecular formula is C19H18ClN5OS. The van der Waals surface area contributed by atoms with Crippen LogP contribution in [0.4, 0.5) is 0 Å². The van der Waals surface area contributed by atoms with Crippen LogP contribution in [0.25, 0.3) is 16.9 Å². The third kappa shape index (κ3) is 3.17. The number of thiazole rings is 1. The third-order valence-electron chi connectivity index (χ3n) is 4.46. The molecule has 0 saturated carbocycles. The van der Waals surface area contributed by atoms with Crippen molar-refractivity contribution in [2.24, 2.45) is 0 Å². The number of halogens is 1. The Labute approximate surface area is 165 Å². The van der Waals surface area contributed by atoms with Gasteiger partial charge >= 0.3 is 0 Å². The first-order chi connectivity index (χ1) is 13.0. The number of aryl methyl sites for hydroxylation is 3. The van der Waals surface area contributed by atoms with Gasteiger partial charge in [0.25, 0.3) is 5.56 Å². The van der Waals surface area contributed by atoms with E-state index in [-0.39, 0.29) is 5.56 Å². The van der Waals surface area contributed by atoms with E-state index in [1.165, 1.54) is 0 Å². The van der Waals surface area contributed by atoms with Crippen molar-refractivity contribution in [2.45, 2.75) is 33.7 Å². The molecule has 3 aromatic heterocycles. The molecule has 0 unspecified atom stereocenters. The summed E-state index contributed by atoms with van der Waals surface area (Å²) in [7, 11) is 0. The fraction of sp³-hybridized carbons (Fsp3) is 0.263. The fourth-order valence-corrected chi connectivity index (χ4v) is 4.09. The molecule has 0 fully saturated rings. The van der Waals surface area contributed by atoms with Crippen molar-refractivity contribution in [3.05, 3.63) is 67.4 Å².